The molecule has 16 heavy (non-hydrogen) atoms. The summed E-state index contributed by atoms with van der Waals surface area (Å²) in [6, 6.07) is 0. The van der Waals surface area contributed by atoms with Crippen molar-refractivity contribution in [1.82, 2.24) is 30.3 Å². The lowest BCUT2D eigenvalue weighted by Crippen LogP contribution is -2.13. The minimum atomic E-state index is 0.693. The highest BCUT2D eigenvalue weighted by Crippen LogP contribution is 1.98. The number of hydrogen-bond acceptors (Lipinski definition) is 4. The number of aryl methyl sites for hydroxylation is 1. The number of nitrogens with one attached hydrogen (secondary N) is 2. The van der Waals surface area contributed by atoms with E-state index in [-0.39, 0.29) is 0 Å². The Bertz CT molecular complexity index is 405. The average Bonchev–Trinajstić information content (AvgIpc) is 2.90. The highest BCUT2D eigenvalue weighted by Gasteiger charge is 1.99. The maximum Gasteiger partial charge on any atom is 0.138 e. The van der Waals surface area contributed by atoms with E-state index >= 15 is 0 Å². The molecule has 86 valence electrons. The Morgan fingerprint density at radius 3 is 3.12 bits per heavy atom. The first kappa shape index (κ1) is 10.8. The SMILES string of the molecule is CCCn1cc(CNCc2ncn[nH]2)cn1. The van der Waals surface area contributed by atoms with E-state index < -0.39 is 0 Å². The minimum absolute atomic E-state index is 0.693. The van der Waals surface area contributed by atoms with E-state index in [4.69, 9.17) is 0 Å². The van der Waals surface area contributed by atoms with Crippen LogP contribution in [0.3, 0.4) is 0 Å². The first-order valence-electron chi connectivity index (χ1n) is 5.44. The first-order chi connectivity index (χ1) is 7.88. The Kier molecular flexibility index (Phi) is 3.66. The van der Waals surface area contributed by atoms with Gasteiger partial charge in [0.2, 0.25) is 0 Å². The summed E-state index contributed by atoms with van der Waals surface area (Å²) in [6.07, 6.45) is 6.57. The maximum absolute atomic E-state index is 4.26. The van der Waals surface area contributed by atoms with Crippen LogP contribution in [0.4, 0.5) is 0 Å². The van der Waals surface area contributed by atoms with Crippen molar-refractivity contribution >= 4 is 0 Å². The van der Waals surface area contributed by atoms with Crippen molar-refractivity contribution in [2.75, 3.05) is 0 Å². The van der Waals surface area contributed by atoms with Crippen molar-refractivity contribution in [2.24, 2.45) is 0 Å². The van der Waals surface area contributed by atoms with Gasteiger partial charge in [-0.05, 0) is 6.42 Å². The van der Waals surface area contributed by atoms with Gasteiger partial charge in [0.15, 0.2) is 0 Å². The smallest absolute Gasteiger partial charge is 0.138 e. The van der Waals surface area contributed by atoms with Gasteiger partial charge in [-0.1, -0.05) is 6.92 Å². The highest BCUT2D eigenvalue weighted by atomic mass is 15.3. The van der Waals surface area contributed by atoms with Crippen LogP contribution in [0.5, 0.6) is 0 Å². The molecule has 0 radical (unpaired) electrons. The fraction of sp³-hybridized carbons (Fsp3) is 0.500. The molecule has 0 unspecified atom stereocenters. The normalized spacial score (nSPS) is 10.8. The molecule has 0 amide bonds. The number of aromatic amines is 1. The zero-order valence-corrected chi connectivity index (χ0v) is 9.35. The van der Waals surface area contributed by atoms with Gasteiger partial charge < -0.3 is 5.32 Å². The van der Waals surface area contributed by atoms with Crippen LogP contribution < -0.4 is 5.32 Å². The van der Waals surface area contributed by atoms with Crippen LogP contribution >= 0.6 is 0 Å². The van der Waals surface area contributed by atoms with Gasteiger partial charge in [-0.2, -0.15) is 10.2 Å². The van der Waals surface area contributed by atoms with E-state index in [1.54, 1.807) is 0 Å². The topological polar surface area (TPSA) is 71.4 Å². The molecule has 0 aliphatic carbocycles. The van der Waals surface area contributed by atoms with E-state index in [9.17, 15) is 0 Å². The number of aromatic nitrogens is 5. The monoisotopic (exact) mass is 220 g/mol. The Morgan fingerprint density at radius 1 is 1.44 bits per heavy atom. The lowest BCUT2D eigenvalue weighted by Gasteiger charge is -1.99. The van der Waals surface area contributed by atoms with Crippen LogP contribution in [0.15, 0.2) is 18.7 Å². The molecule has 0 spiro atoms. The van der Waals surface area contributed by atoms with Gasteiger partial charge in [-0.25, -0.2) is 4.98 Å². The van der Waals surface area contributed by atoms with Crippen molar-refractivity contribution < 1.29 is 0 Å². The molecule has 0 atom stereocenters. The molecule has 0 saturated heterocycles. The van der Waals surface area contributed by atoms with Crippen molar-refractivity contribution in [3.63, 3.8) is 0 Å². The van der Waals surface area contributed by atoms with E-state index in [1.807, 2.05) is 10.9 Å². The predicted molar refractivity (Wildman–Crippen MR) is 59.4 cm³/mol. The summed E-state index contributed by atoms with van der Waals surface area (Å²) in [5.41, 5.74) is 1.19. The summed E-state index contributed by atoms with van der Waals surface area (Å²) in [5, 5.41) is 14.1. The fourth-order valence-corrected chi connectivity index (χ4v) is 1.49. The second kappa shape index (κ2) is 5.41. The van der Waals surface area contributed by atoms with E-state index in [2.05, 4.69) is 38.7 Å². The number of H-pyrrole nitrogens is 1. The largest absolute Gasteiger partial charge is 0.306 e. The molecule has 2 rings (SSSR count). The minimum Gasteiger partial charge on any atom is -0.306 e. The molecule has 2 N–H and O–H groups in total. The molecule has 6 nitrogen and oxygen atoms in total. The number of rotatable bonds is 6. The number of nitrogens with zero attached hydrogens (tertiary/aromatic N) is 4. The molecule has 0 fully saturated rings. The molecule has 0 aromatic carbocycles. The summed E-state index contributed by atoms with van der Waals surface area (Å²) in [5.74, 6) is 0.848. The Morgan fingerprint density at radius 2 is 2.38 bits per heavy atom. The van der Waals surface area contributed by atoms with E-state index in [0.29, 0.717) is 6.54 Å². The maximum atomic E-state index is 4.26. The standard InChI is InChI=1S/C10H16N6/c1-2-3-16-7-9(5-14-16)4-11-6-10-12-8-13-15-10/h5,7-8,11H,2-4,6H2,1H3,(H,12,13,15). The zero-order chi connectivity index (χ0) is 11.2. The van der Waals surface area contributed by atoms with Gasteiger partial charge in [-0.15, -0.1) is 0 Å². The van der Waals surface area contributed by atoms with Crippen LogP contribution in [-0.2, 0) is 19.6 Å². The summed E-state index contributed by atoms with van der Waals surface area (Å²) in [7, 11) is 0. The second-order valence-corrected chi connectivity index (χ2v) is 3.65. The lowest BCUT2D eigenvalue weighted by atomic mass is 10.3. The first-order valence-corrected chi connectivity index (χ1v) is 5.44. The fourth-order valence-electron chi connectivity index (χ4n) is 1.49. The zero-order valence-electron chi connectivity index (χ0n) is 9.35. The quantitative estimate of drug-likeness (QED) is 0.751. The Hall–Kier alpha value is -1.69. The third-order valence-electron chi connectivity index (χ3n) is 2.23. The molecular weight excluding hydrogens is 204 g/mol. The molecule has 0 aliphatic heterocycles. The van der Waals surface area contributed by atoms with Crippen molar-refractivity contribution in [2.45, 2.75) is 33.0 Å². The predicted octanol–water partition coefficient (Wildman–Crippen LogP) is 0.701. The van der Waals surface area contributed by atoms with Crippen molar-refractivity contribution in [3.05, 3.63) is 30.1 Å². The van der Waals surface area contributed by atoms with Crippen LogP contribution in [0.2, 0.25) is 0 Å². The molecule has 0 bridgehead atoms. The summed E-state index contributed by atoms with van der Waals surface area (Å²) < 4.78 is 1.96. The highest BCUT2D eigenvalue weighted by molar-refractivity contribution is 5.03. The van der Waals surface area contributed by atoms with Gasteiger partial charge >= 0.3 is 0 Å². The van der Waals surface area contributed by atoms with Gasteiger partial charge in [-0.3, -0.25) is 9.78 Å². The molecular formula is C10H16N6. The van der Waals surface area contributed by atoms with E-state index in [0.717, 1.165) is 25.3 Å². The molecule has 0 saturated carbocycles. The molecule has 2 heterocycles. The van der Waals surface area contributed by atoms with Crippen molar-refractivity contribution in [3.8, 4) is 0 Å². The Labute approximate surface area is 94.1 Å². The van der Waals surface area contributed by atoms with Crippen LogP contribution in [0, 0.1) is 0 Å². The van der Waals surface area contributed by atoms with Crippen LogP contribution in [0.25, 0.3) is 0 Å². The molecule has 0 aliphatic rings. The van der Waals surface area contributed by atoms with Crippen LogP contribution in [0.1, 0.15) is 24.7 Å². The average molecular weight is 220 g/mol. The second-order valence-electron chi connectivity index (χ2n) is 3.65. The van der Waals surface area contributed by atoms with E-state index in [1.165, 1.54) is 11.9 Å². The molecule has 2 aromatic rings. The summed E-state index contributed by atoms with van der Waals surface area (Å²) in [4.78, 5) is 4.03. The molecule has 2 aromatic heterocycles. The van der Waals surface area contributed by atoms with Gasteiger partial charge in [0.1, 0.15) is 12.2 Å². The van der Waals surface area contributed by atoms with Gasteiger partial charge in [0, 0.05) is 24.8 Å². The number of hydrogen-bond donors (Lipinski definition) is 2. The third-order valence-corrected chi connectivity index (χ3v) is 2.23. The molecule has 6 heteroatoms. The van der Waals surface area contributed by atoms with Crippen molar-refractivity contribution in [1.29, 1.82) is 0 Å². The summed E-state index contributed by atoms with van der Waals surface area (Å²) >= 11 is 0. The summed E-state index contributed by atoms with van der Waals surface area (Å²) in [6.45, 7) is 4.61. The van der Waals surface area contributed by atoms with Gasteiger partial charge in [0.05, 0.1) is 12.7 Å². The Balaban J connectivity index is 1.76. The van der Waals surface area contributed by atoms with Gasteiger partial charge in [0.25, 0.3) is 0 Å². The lowest BCUT2D eigenvalue weighted by molar-refractivity contribution is 0.601. The van der Waals surface area contributed by atoms with Crippen LogP contribution in [-0.4, -0.2) is 25.0 Å². The third kappa shape index (κ3) is 2.90.